The second-order valence-electron chi connectivity index (χ2n) is 4.99. The molecule has 138 valence electrons. The van der Waals surface area contributed by atoms with E-state index in [0.29, 0.717) is 11.6 Å². The molecule has 0 saturated heterocycles. The summed E-state index contributed by atoms with van der Waals surface area (Å²) < 4.78 is 38.7. The highest BCUT2D eigenvalue weighted by Crippen LogP contribution is 2.29. The summed E-state index contributed by atoms with van der Waals surface area (Å²) in [6.45, 7) is -0.694. The molecule has 0 fully saturated rings. The fraction of sp³-hybridized carbons (Fsp3) is 0.214. The molecule has 3 N–H and O–H groups in total. The van der Waals surface area contributed by atoms with Gasteiger partial charge in [0.1, 0.15) is 12.4 Å². The summed E-state index contributed by atoms with van der Waals surface area (Å²) in [4.78, 5) is 27.7. The van der Waals surface area contributed by atoms with E-state index >= 15 is 0 Å². The van der Waals surface area contributed by atoms with Gasteiger partial charge < -0.3 is 15.7 Å². The van der Waals surface area contributed by atoms with Gasteiger partial charge >= 0.3 is 12.1 Å². The maximum Gasteiger partial charge on any atom is 0.433 e. The van der Waals surface area contributed by atoms with Gasteiger partial charge in [-0.2, -0.15) is 18.2 Å². The van der Waals surface area contributed by atoms with Crippen LogP contribution in [-0.2, 0) is 17.5 Å². The molecule has 0 radical (unpaired) electrons. The van der Waals surface area contributed by atoms with Crippen LogP contribution in [0.1, 0.15) is 11.3 Å². The summed E-state index contributed by atoms with van der Waals surface area (Å²) in [6, 6.07) is 6.20. The fourth-order valence-electron chi connectivity index (χ4n) is 1.89. The van der Waals surface area contributed by atoms with Gasteiger partial charge in [0.25, 0.3) is 5.69 Å². The Bertz CT molecular complexity index is 828. The highest BCUT2D eigenvalue weighted by molar-refractivity contribution is 5.72. The number of alkyl halides is 3. The Morgan fingerprint density at radius 3 is 2.58 bits per heavy atom. The third-order valence-electron chi connectivity index (χ3n) is 3.01. The van der Waals surface area contributed by atoms with Crippen LogP contribution in [0.3, 0.4) is 0 Å². The van der Waals surface area contributed by atoms with Crippen molar-refractivity contribution < 1.29 is 28.0 Å². The molecular formula is C14H12F3N5O4. The van der Waals surface area contributed by atoms with Crippen LogP contribution in [0.2, 0.25) is 0 Å². The largest absolute Gasteiger partial charge is 0.480 e. The quantitative estimate of drug-likeness (QED) is 0.500. The van der Waals surface area contributed by atoms with Crippen molar-refractivity contribution in [1.82, 2.24) is 9.97 Å². The van der Waals surface area contributed by atoms with Gasteiger partial charge in [-0.3, -0.25) is 14.9 Å². The lowest BCUT2D eigenvalue weighted by Crippen LogP contribution is -2.18. The molecular weight excluding hydrogens is 359 g/mol. The molecule has 0 bridgehead atoms. The maximum atomic E-state index is 12.9. The molecule has 0 amide bonds. The number of carboxylic acid groups (broad SMARTS) is 1. The number of carboxylic acids is 1. The van der Waals surface area contributed by atoms with E-state index in [9.17, 15) is 28.1 Å². The van der Waals surface area contributed by atoms with E-state index in [2.05, 4.69) is 20.6 Å². The van der Waals surface area contributed by atoms with E-state index in [1.54, 1.807) is 6.07 Å². The SMILES string of the molecule is O=C(O)CNc1nc(NCc2cccc([N+](=O)[O-])c2)cc(C(F)(F)F)n1. The lowest BCUT2D eigenvalue weighted by atomic mass is 10.2. The van der Waals surface area contributed by atoms with Crippen molar-refractivity contribution in [2.75, 3.05) is 17.2 Å². The lowest BCUT2D eigenvalue weighted by molar-refractivity contribution is -0.384. The molecule has 2 aromatic rings. The minimum Gasteiger partial charge on any atom is -0.480 e. The van der Waals surface area contributed by atoms with Gasteiger partial charge in [-0.25, -0.2) is 4.98 Å². The first-order valence-electron chi connectivity index (χ1n) is 7.04. The molecule has 0 saturated carbocycles. The first-order valence-corrected chi connectivity index (χ1v) is 7.04. The van der Waals surface area contributed by atoms with E-state index in [4.69, 9.17) is 5.11 Å². The standard InChI is InChI=1S/C14H12F3N5O4/c15-14(16,17)10-5-11(21-13(20-10)19-7-12(23)24)18-6-8-2-1-3-9(4-8)22(25)26/h1-5H,6-7H2,(H,23,24)(H2,18,19,20,21). The average molecular weight is 371 g/mol. The number of non-ortho nitro benzene ring substituents is 1. The van der Waals surface area contributed by atoms with Gasteiger partial charge in [0.2, 0.25) is 5.95 Å². The van der Waals surface area contributed by atoms with Crippen LogP contribution in [0.5, 0.6) is 0 Å². The van der Waals surface area contributed by atoms with E-state index < -0.39 is 35.3 Å². The summed E-state index contributed by atoms with van der Waals surface area (Å²) in [5.74, 6) is -2.02. The number of benzene rings is 1. The number of nitro groups is 1. The van der Waals surface area contributed by atoms with E-state index in [-0.39, 0.29) is 18.1 Å². The van der Waals surface area contributed by atoms with Gasteiger partial charge in [-0.05, 0) is 5.56 Å². The van der Waals surface area contributed by atoms with Crippen molar-refractivity contribution in [3.63, 3.8) is 0 Å². The topological polar surface area (TPSA) is 130 Å². The number of aromatic nitrogens is 2. The summed E-state index contributed by atoms with van der Waals surface area (Å²) in [6.07, 6.45) is -4.76. The second-order valence-corrected chi connectivity index (χ2v) is 4.99. The molecule has 2 rings (SSSR count). The summed E-state index contributed by atoms with van der Waals surface area (Å²) in [7, 11) is 0. The molecule has 1 heterocycles. The van der Waals surface area contributed by atoms with E-state index in [0.717, 1.165) is 0 Å². The van der Waals surface area contributed by atoms with Crippen molar-refractivity contribution in [2.45, 2.75) is 12.7 Å². The molecule has 0 aliphatic rings. The number of halogens is 3. The number of nitro benzene ring substituents is 1. The third kappa shape index (κ3) is 5.29. The zero-order valence-corrected chi connectivity index (χ0v) is 12.9. The van der Waals surface area contributed by atoms with E-state index in [1.807, 2.05) is 0 Å². The van der Waals surface area contributed by atoms with Gasteiger partial charge in [-0.15, -0.1) is 0 Å². The first kappa shape index (κ1) is 18.9. The predicted octanol–water partition coefficient (Wildman–Crippen LogP) is 2.51. The average Bonchev–Trinajstić information content (AvgIpc) is 2.57. The molecule has 0 aliphatic carbocycles. The van der Waals surface area contributed by atoms with Crippen molar-refractivity contribution in [3.05, 3.63) is 51.7 Å². The summed E-state index contributed by atoms with van der Waals surface area (Å²) >= 11 is 0. The van der Waals surface area contributed by atoms with Crippen molar-refractivity contribution in [3.8, 4) is 0 Å². The van der Waals surface area contributed by atoms with Crippen LogP contribution in [0.15, 0.2) is 30.3 Å². The summed E-state index contributed by atoms with van der Waals surface area (Å²) in [5, 5.41) is 24.1. The normalized spacial score (nSPS) is 11.0. The number of carbonyl (C=O) groups is 1. The lowest BCUT2D eigenvalue weighted by Gasteiger charge is -2.12. The van der Waals surface area contributed by atoms with Crippen LogP contribution in [0.25, 0.3) is 0 Å². The highest BCUT2D eigenvalue weighted by Gasteiger charge is 2.33. The molecule has 0 aliphatic heterocycles. The molecule has 9 nitrogen and oxygen atoms in total. The number of rotatable bonds is 7. The number of aliphatic carboxylic acids is 1. The second kappa shape index (κ2) is 7.63. The van der Waals surface area contributed by atoms with Crippen molar-refractivity contribution in [1.29, 1.82) is 0 Å². The van der Waals surface area contributed by atoms with E-state index in [1.165, 1.54) is 18.2 Å². The number of nitrogens with zero attached hydrogens (tertiary/aromatic N) is 3. The van der Waals surface area contributed by atoms with Crippen LogP contribution >= 0.6 is 0 Å². The number of hydrogen-bond acceptors (Lipinski definition) is 7. The Morgan fingerprint density at radius 1 is 1.23 bits per heavy atom. The zero-order chi connectivity index (χ0) is 19.3. The first-order chi connectivity index (χ1) is 12.1. The van der Waals surface area contributed by atoms with Crippen LogP contribution in [-0.4, -0.2) is 32.5 Å². The zero-order valence-electron chi connectivity index (χ0n) is 12.9. The molecule has 0 spiro atoms. The maximum absolute atomic E-state index is 12.9. The summed E-state index contributed by atoms with van der Waals surface area (Å²) in [5.41, 5.74) is -0.972. The molecule has 0 unspecified atom stereocenters. The van der Waals surface area contributed by atoms with Gasteiger partial charge in [0.15, 0.2) is 5.69 Å². The fourth-order valence-corrected chi connectivity index (χ4v) is 1.89. The third-order valence-corrected chi connectivity index (χ3v) is 3.01. The van der Waals surface area contributed by atoms with Crippen molar-refractivity contribution >= 4 is 23.4 Å². The predicted molar refractivity (Wildman–Crippen MR) is 83.6 cm³/mol. The van der Waals surface area contributed by atoms with Gasteiger partial charge in [0, 0.05) is 24.7 Å². The Morgan fingerprint density at radius 2 is 1.96 bits per heavy atom. The number of anilines is 2. The molecule has 26 heavy (non-hydrogen) atoms. The van der Waals surface area contributed by atoms with Gasteiger partial charge in [-0.1, -0.05) is 12.1 Å². The van der Waals surface area contributed by atoms with Gasteiger partial charge in [0.05, 0.1) is 4.92 Å². The number of nitrogens with one attached hydrogen (secondary N) is 2. The van der Waals surface area contributed by atoms with Crippen LogP contribution in [0, 0.1) is 10.1 Å². The highest BCUT2D eigenvalue weighted by atomic mass is 19.4. The Balaban J connectivity index is 2.21. The van der Waals surface area contributed by atoms with Crippen molar-refractivity contribution in [2.24, 2.45) is 0 Å². The minimum atomic E-state index is -4.76. The Labute approximate surface area is 144 Å². The number of hydrogen-bond donors (Lipinski definition) is 3. The molecule has 1 aromatic heterocycles. The molecule has 0 atom stereocenters. The Hall–Kier alpha value is -3.44. The van der Waals surface area contributed by atoms with Crippen LogP contribution < -0.4 is 10.6 Å². The minimum absolute atomic E-state index is 0.0334. The van der Waals surface area contributed by atoms with Crippen LogP contribution in [0.4, 0.5) is 30.6 Å². The monoisotopic (exact) mass is 371 g/mol. The molecule has 12 heteroatoms. The smallest absolute Gasteiger partial charge is 0.433 e. The Kier molecular flexibility index (Phi) is 5.54. The molecule has 1 aromatic carbocycles.